The van der Waals surface area contributed by atoms with E-state index in [0.29, 0.717) is 0 Å². The minimum absolute atomic E-state index is 0.786. The molecular weight excluding hydrogens is 286 g/mol. The molecule has 4 rings (SSSR count). The Labute approximate surface area is 136 Å². The average molecular weight is 309 g/mol. The van der Waals surface area contributed by atoms with Crippen LogP contribution in [0, 0.1) is 6.92 Å². The van der Waals surface area contributed by atoms with E-state index in [-0.39, 0.29) is 0 Å². The van der Waals surface area contributed by atoms with Gasteiger partial charge in [0.25, 0.3) is 0 Å². The van der Waals surface area contributed by atoms with E-state index >= 15 is 0 Å². The number of aryl methyl sites for hydroxylation is 1. The van der Waals surface area contributed by atoms with Gasteiger partial charge in [0.15, 0.2) is 0 Å². The maximum absolute atomic E-state index is 5.53. The Balaban J connectivity index is 1.73. The van der Waals surface area contributed by atoms with E-state index in [1.807, 2.05) is 12.1 Å². The molecule has 120 valence electrons. The third-order valence-electron chi connectivity index (χ3n) is 4.87. The van der Waals surface area contributed by atoms with Crippen molar-refractivity contribution < 1.29 is 4.42 Å². The SMILES string of the molecule is Cc1cc2c(N3CCN(C)CC3)cccc2n1Cc1ccco1. The lowest BCUT2D eigenvalue weighted by atomic mass is 10.1. The standard InChI is InChI=1S/C19H23N3O/c1-15-13-17-18(21-10-8-20(2)9-11-21)6-3-7-19(17)22(15)14-16-5-4-12-23-16/h3-7,12-13H,8-11,14H2,1-2H3. The summed E-state index contributed by atoms with van der Waals surface area (Å²) < 4.78 is 7.87. The number of anilines is 1. The van der Waals surface area contributed by atoms with Gasteiger partial charge < -0.3 is 18.8 Å². The molecule has 1 fully saturated rings. The van der Waals surface area contributed by atoms with Crippen LogP contribution in [-0.2, 0) is 6.54 Å². The zero-order chi connectivity index (χ0) is 15.8. The topological polar surface area (TPSA) is 24.6 Å². The molecule has 3 heterocycles. The monoisotopic (exact) mass is 309 g/mol. The van der Waals surface area contributed by atoms with Crippen molar-refractivity contribution in [2.45, 2.75) is 13.5 Å². The van der Waals surface area contributed by atoms with E-state index in [4.69, 9.17) is 4.42 Å². The second kappa shape index (κ2) is 5.78. The van der Waals surface area contributed by atoms with Crippen molar-refractivity contribution in [3.8, 4) is 0 Å². The first-order valence-corrected chi connectivity index (χ1v) is 8.27. The van der Waals surface area contributed by atoms with Gasteiger partial charge in [-0.1, -0.05) is 6.07 Å². The quantitative estimate of drug-likeness (QED) is 0.742. The van der Waals surface area contributed by atoms with Crippen LogP contribution in [0.3, 0.4) is 0 Å². The first kappa shape index (κ1) is 14.4. The van der Waals surface area contributed by atoms with Crippen molar-refractivity contribution in [2.24, 2.45) is 0 Å². The molecule has 0 atom stereocenters. The summed E-state index contributed by atoms with van der Waals surface area (Å²) in [6, 6.07) is 12.9. The second-order valence-electron chi connectivity index (χ2n) is 6.45. The summed E-state index contributed by atoms with van der Waals surface area (Å²) in [6.45, 7) is 7.41. The van der Waals surface area contributed by atoms with Crippen molar-refractivity contribution in [1.82, 2.24) is 9.47 Å². The molecule has 0 aliphatic carbocycles. The largest absolute Gasteiger partial charge is 0.467 e. The number of hydrogen-bond acceptors (Lipinski definition) is 3. The molecule has 0 saturated carbocycles. The Morgan fingerprint density at radius 3 is 2.61 bits per heavy atom. The summed E-state index contributed by atoms with van der Waals surface area (Å²) in [5.74, 6) is 0.996. The van der Waals surface area contributed by atoms with Crippen LogP contribution in [0.5, 0.6) is 0 Å². The number of fused-ring (bicyclic) bond motifs is 1. The smallest absolute Gasteiger partial charge is 0.123 e. The van der Waals surface area contributed by atoms with E-state index in [9.17, 15) is 0 Å². The lowest BCUT2D eigenvalue weighted by Gasteiger charge is -2.34. The molecule has 0 unspecified atom stereocenters. The normalized spacial score (nSPS) is 16.3. The molecule has 4 heteroatoms. The molecule has 1 aromatic carbocycles. The summed E-state index contributed by atoms with van der Waals surface area (Å²) in [7, 11) is 2.20. The van der Waals surface area contributed by atoms with Crippen LogP contribution in [0.15, 0.2) is 47.1 Å². The first-order chi connectivity index (χ1) is 11.2. The lowest BCUT2D eigenvalue weighted by Crippen LogP contribution is -2.44. The van der Waals surface area contributed by atoms with Crippen molar-refractivity contribution in [2.75, 3.05) is 38.1 Å². The Morgan fingerprint density at radius 2 is 1.87 bits per heavy atom. The number of piperazine rings is 1. The van der Waals surface area contributed by atoms with Crippen molar-refractivity contribution in [1.29, 1.82) is 0 Å². The van der Waals surface area contributed by atoms with Crippen LogP contribution < -0.4 is 4.90 Å². The highest BCUT2D eigenvalue weighted by Gasteiger charge is 2.18. The van der Waals surface area contributed by atoms with E-state index in [0.717, 1.165) is 38.5 Å². The van der Waals surface area contributed by atoms with E-state index in [1.165, 1.54) is 22.3 Å². The molecule has 0 amide bonds. The zero-order valence-electron chi connectivity index (χ0n) is 13.8. The van der Waals surface area contributed by atoms with Crippen LogP contribution in [0.25, 0.3) is 10.9 Å². The van der Waals surface area contributed by atoms with Crippen molar-refractivity contribution in [3.63, 3.8) is 0 Å². The Kier molecular flexibility index (Phi) is 3.62. The van der Waals surface area contributed by atoms with Gasteiger partial charge in [-0.25, -0.2) is 0 Å². The number of benzene rings is 1. The molecular formula is C19H23N3O. The van der Waals surface area contributed by atoms with E-state index in [1.54, 1.807) is 6.26 Å². The van der Waals surface area contributed by atoms with Crippen LogP contribution in [0.4, 0.5) is 5.69 Å². The molecule has 4 nitrogen and oxygen atoms in total. The van der Waals surface area contributed by atoms with Gasteiger partial charge in [-0.3, -0.25) is 0 Å². The Morgan fingerprint density at radius 1 is 1.04 bits per heavy atom. The van der Waals surface area contributed by atoms with Gasteiger partial charge in [-0.15, -0.1) is 0 Å². The predicted molar refractivity (Wildman–Crippen MR) is 94.2 cm³/mol. The zero-order valence-corrected chi connectivity index (χ0v) is 13.8. The molecule has 0 N–H and O–H groups in total. The van der Waals surface area contributed by atoms with Gasteiger partial charge in [-0.2, -0.15) is 0 Å². The maximum atomic E-state index is 5.53. The predicted octanol–water partition coefficient (Wildman–Crippen LogP) is 3.34. The molecule has 0 bridgehead atoms. The van der Waals surface area contributed by atoms with Crippen LogP contribution in [-0.4, -0.2) is 42.7 Å². The molecule has 1 aliphatic rings. The van der Waals surface area contributed by atoms with E-state index < -0.39 is 0 Å². The summed E-state index contributed by atoms with van der Waals surface area (Å²) in [5.41, 5.74) is 3.92. The number of likely N-dealkylation sites (N-methyl/N-ethyl adjacent to an activating group) is 1. The van der Waals surface area contributed by atoms with Crippen molar-refractivity contribution in [3.05, 3.63) is 54.1 Å². The van der Waals surface area contributed by atoms with E-state index in [2.05, 4.69) is 52.6 Å². The molecule has 1 saturated heterocycles. The van der Waals surface area contributed by atoms with Crippen LogP contribution in [0.1, 0.15) is 11.5 Å². The fourth-order valence-corrected chi connectivity index (χ4v) is 3.49. The molecule has 1 aliphatic heterocycles. The fourth-order valence-electron chi connectivity index (χ4n) is 3.49. The van der Waals surface area contributed by atoms with Gasteiger partial charge in [0.05, 0.1) is 18.3 Å². The highest BCUT2D eigenvalue weighted by molar-refractivity contribution is 5.93. The number of hydrogen-bond donors (Lipinski definition) is 0. The fraction of sp³-hybridized carbons (Fsp3) is 0.368. The minimum Gasteiger partial charge on any atom is -0.467 e. The Bertz CT molecular complexity index is 795. The highest BCUT2D eigenvalue weighted by atomic mass is 16.3. The summed E-state index contributed by atoms with van der Waals surface area (Å²) >= 11 is 0. The number of rotatable bonds is 3. The van der Waals surface area contributed by atoms with Crippen LogP contribution in [0.2, 0.25) is 0 Å². The second-order valence-corrected chi connectivity index (χ2v) is 6.45. The highest BCUT2D eigenvalue weighted by Crippen LogP contribution is 2.31. The maximum Gasteiger partial charge on any atom is 0.123 e. The first-order valence-electron chi connectivity index (χ1n) is 8.27. The summed E-state index contributed by atoms with van der Waals surface area (Å²) in [4.78, 5) is 4.91. The third kappa shape index (κ3) is 2.63. The number of nitrogens with zero attached hydrogens (tertiary/aromatic N) is 3. The number of aromatic nitrogens is 1. The minimum atomic E-state index is 0.786. The van der Waals surface area contributed by atoms with Gasteiger partial charge in [0.1, 0.15) is 5.76 Å². The van der Waals surface area contributed by atoms with Gasteiger partial charge in [0.2, 0.25) is 0 Å². The third-order valence-corrected chi connectivity index (χ3v) is 4.87. The van der Waals surface area contributed by atoms with Gasteiger partial charge in [0, 0.05) is 42.9 Å². The molecule has 2 aromatic heterocycles. The molecule has 0 radical (unpaired) electrons. The average Bonchev–Trinajstić information content (AvgIpc) is 3.17. The van der Waals surface area contributed by atoms with Crippen molar-refractivity contribution >= 4 is 16.6 Å². The molecule has 0 spiro atoms. The van der Waals surface area contributed by atoms with Gasteiger partial charge >= 0.3 is 0 Å². The number of furan rings is 1. The summed E-state index contributed by atoms with van der Waals surface area (Å²) in [5, 5.41) is 1.35. The summed E-state index contributed by atoms with van der Waals surface area (Å²) in [6.07, 6.45) is 1.74. The molecule has 3 aromatic rings. The van der Waals surface area contributed by atoms with Crippen LogP contribution >= 0.6 is 0 Å². The lowest BCUT2D eigenvalue weighted by molar-refractivity contribution is 0.313. The molecule has 23 heavy (non-hydrogen) atoms. The van der Waals surface area contributed by atoms with Gasteiger partial charge in [-0.05, 0) is 44.3 Å². The Hall–Kier alpha value is -2.20.